The van der Waals surface area contributed by atoms with Gasteiger partial charge in [0.1, 0.15) is 11.4 Å². The smallest absolute Gasteiger partial charge is 0.416 e. The van der Waals surface area contributed by atoms with Crippen LogP contribution in [0, 0.1) is 0 Å². The Morgan fingerprint density at radius 1 is 1.07 bits per heavy atom. The number of anilines is 4. The summed E-state index contributed by atoms with van der Waals surface area (Å²) >= 11 is 0. The minimum absolute atomic E-state index is 0.0184. The van der Waals surface area contributed by atoms with E-state index in [1.165, 1.54) is 24.1 Å². The molecule has 6 rings (SSSR count). The average Bonchev–Trinajstić information content (AvgIpc) is 3.49. The molecule has 2 aromatic carbocycles. The molecule has 4 aromatic rings. The topological polar surface area (TPSA) is 97.0 Å². The van der Waals surface area contributed by atoms with Crippen LogP contribution in [0.15, 0.2) is 54.9 Å². The fourth-order valence-electron chi connectivity index (χ4n) is 5.73. The summed E-state index contributed by atoms with van der Waals surface area (Å²) in [5.74, 6) is -0.322. The second-order valence-corrected chi connectivity index (χ2v) is 10.9. The molecule has 0 bridgehead atoms. The molecule has 1 fully saturated rings. The monoisotopic (exact) mass is 607 g/mol. The van der Waals surface area contributed by atoms with Gasteiger partial charge < -0.3 is 24.8 Å². The lowest BCUT2D eigenvalue weighted by molar-refractivity contribution is -0.137. The zero-order valence-electron chi connectivity index (χ0n) is 24.5. The van der Waals surface area contributed by atoms with Gasteiger partial charge in [-0.05, 0) is 50.4 Å². The number of halogens is 3. The van der Waals surface area contributed by atoms with Crippen molar-refractivity contribution in [1.29, 1.82) is 0 Å². The average molecular weight is 608 g/mol. The first-order chi connectivity index (χ1) is 21.0. The van der Waals surface area contributed by atoms with Gasteiger partial charge in [0.2, 0.25) is 0 Å². The SMILES string of the molecule is CCN1C(=O)N(c2cc(OC)cc(C(=O)Nc3cc(N4CCN(C)CC4)cc(C(F)(F)F)c3)c2)Cc2cnc3[nH]ccc3c21. The van der Waals surface area contributed by atoms with Crippen molar-refractivity contribution in [2.45, 2.75) is 19.6 Å². The van der Waals surface area contributed by atoms with E-state index in [1.807, 2.05) is 24.9 Å². The van der Waals surface area contributed by atoms with E-state index in [2.05, 4.69) is 20.2 Å². The van der Waals surface area contributed by atoms with Crippen molar-refractivity contribution in [3.05, 3.63) is 71.5 Å². The van der Waals surface area contributed by atoms with E-state index in [9.17, 15) is 22.8 Å². The van der Waals surface area contributed by atoms with Gasteiger partial charge in [-0.3, -0.25) is 14.6 Å². The fraction of sp³-hybridized carbons (Fsp3) is 0.323. The van der Waals surface area contributed by atoms with Gasteiger partial charge >= 0.3 is 12.2 Å². The van der Waals surface area contributed by atoms with Crippen molar-refractivity contribution in [3.63, 3.8) is 0 Å². The number of pyridine rings is 1. The minimum Gasteiger partial charge on any atom is -0.497 e. The Hall–Kier alpha value is -4.78. The second-order valence-electron chi connectivity index (χ2n) is 10.9. The highest BCUT2D eigenvalue weighted by molar-refractivity contribution is 6.12. The van der Waals surface area contributed by atoms with Crippen molar-refractivity contribution in [2.75, 3.05) is 66.9 Å². The summed E-state index contributed by atoms with van der Waals surface area (Å²) in [5.41, 5.74) is 2.36. The number of amides is 3. The van der Waals surface area contributed by atoms with E-state index >= 15 is 0 Å². The first kappa shape index (κ1) is 29.3. The van der Waals surface area contributed by atoms with Gasteiger partial charge in [-0.2, -0.15) is 13.2 Å². The van der Waals surface area contributed by atoms with Crippen LogP contribution >= 0.6 is 0 Å². The lowest BCUT2D eigenvalue weighted by atomic mass is 10.1. The summed E-state index contributed by atoms with van der Waals surface area (Å²) in [6, 6.07) is 9.85. The van der Waals surface area contributed by atoms with Gasteiger partial charge in [-0.25, -0.2) is 9.78 Å². The molecule has 3 amide bonds. The number of aromatic amines is 1. The van der Waals surface area contributed by atoms with Crippen LogP contribution in [-0.4, -0.2) is 73.7 Å². The molecule has 0 aliphatic carbocycles. The number of hydrogen-bond donors (Lipinski definition) is 2. The Morgan fingerprint density at radius 2 is 1.84 bits per heavy atom. The number of fused-ring (bicyclic) bond motifs is 3. The van der Waals surface area contributed by atoms with E-state index in [0.29, 0.717) is 55.5 Å². The molecular weight excluding hydrogens is 575 g/mol. The van der Waals surface area contributed by atoms with Gasteiger partial charge in [-0.1, -0.05) is 0 Å². The fourth-order valence-corrected chi connectivity index (χ4v) is 5.73. The number of piperazine rings is 1. The summed E-state index contributed by atoms with van der Waals surface area (Å²) in [4.78, 5) is 42.0. The molecule has 0 unspecified atom stereocenters. The molecule has 230 valence electrons. The van der Waals surface area contributed by atoms with Crippen LogP contribution in [0.5, 0.6) is 5.75 Å². The highest BCUT2D eigenvalue weighted by Gasteiger charge is 2.34. The molecule has 4 heterocycles. The number of nitrogens with zero attached hydrogens (tertiary/aromatic N) is 5. The summed E-state index contributed by atoms with van der Waals surface area (Å²) in [6.45, 7) is 5.04. The maximum Gasteiger partial charge on any atom is 0.416 e. The number of urea groups is 1. The van der Waals surface area contributed by atoms with Gasteiger partial charge in [0.25, 0.3) is 5.91 Å². The van der Waals surface area contributed by atoms with Crippen LogP contribution in [0.2, 0.25) is 0 Å². The normalized spacial score (nSPS) is 16.0. The minimum atomic E-state index is -4.60. The van der Waals surface area contributed by atoms with Gasteiger partial charge in [0.05, 0.1) is 30.6 Å². The quantitative estimate of drug-likeness (QED) is 0.298. The largest absolute Gasteiger partial charge is 0.497 e. The zero-order valence-corrected chi connectivity index (χ0v) is 24.5. The van der Waals surface area contributed by atoms with Crippen LogP contribution in [0.1, 0.15) is 28.4 Å². The number of carbonyl (C=O) groups excluding carboxylic acids is 2. The maximum atomic E-state index is 13.9. The Bertz CT molecular complexity index is 1730. The Balaban J connectivity index is 1.32. The third kappa shape index (κ3) is 5.50. The summed E-state index contributed by atoms with van der Waals surface area (Å²) in [7, 11) is 3.40. The molecular formula is C31H32F3N7O3. The second kappa shape index (κ2) is 11.4. The lowest BCUT2D eigenvalue weighted by Crippen LogP contribution is -2.47. The number of ether oxygens (including phenoxy) is 1. The summed E-state index contributed by atoms with van der Waals surface area (Å²) in [6.07, 6.45) is -1.11. The predicted molar refractivity (Wildman–Crippen MR) is 163 cm³/mol. The van der Waals surface area contributed by atoms with Crippen molar-refractivity contribution in [2.24, 2.45) is 0 Å². The summed E-state index contributed by atoms with van der Waals surface area (Å²) in [5, 5.41) is 3.48. The highest BCUT2D eigenvalue weighted by atomic mass is 19.4. The van der Waals surface area contributed by atoms with Crippen LogP contribution in [0.25, 0.3) is 11.0 Å². The first-order valence-electron chi connectivity index (χ1n) is 14.3. The van der Waals surface area contributed by atoms with Gasteiger partial charge in [0.15, 0.2) is 0 Å². The molecule has 13 heteroatoms. The van der Waals surface area contributed by atoms with E-state index in [0.717, 1.165) is 28.8 Å². The Morgan fingerprint density at radius 3 is 2.55 bits per heavy atom. The number of rotatable bonds is 6. The summed E-state index contributed by atoms with van der Waals surface area (Å²) < 4.78 is 47.0. The number of H-pyrrole nitrogens is 1. The number of likely N-dealkylation sites (N-methyl/N-ethyl adjacent to an activating group) is 1. The number of nitrogens with one attached hydrogen (secondary N) is 2. The molecule has 2 aliphatic heterocycles. The van der Waals surface area contributed by atoms with E-state index in [4.69, 9.17) is 4.74 Å². The lowest BCUT2D eigenvalue weighted by Gasteiger charge is -2.37. The number of benzene rings is 2. The number of hydrogen-bond acceptors (Lipinski definition) is 6. The highest BCUT2D eigenvalue weighted by Crippen LogP contribution is 2.38. The number of alkyl halides is 3. The third-order valence-corrected chi connectivity index (χ3v) is 8.08. The molecule has 44 heavy (non-hydrogen) atoms. The Kier molecular flexibility index (Phi) is 7.58. The van der Waals surface area contributed by atoms with Crippen LogP contribution in [0.4, 0.5) is 40.7 Å². The van der Waals surface area contributed by atoms with Crippen LogP contribution in [-0.2, 0) is 12.7 Å². The molecule has 10 nitrogen and oxygen atoms in total. The molecule has 2 aliphatic rings. The standard InChI is InChI=1S/C31H32F3N7O3/c1-4-40-27-20(17-36-28-26(27)5-6-35-28)18-41(30(40)43)24-11-19(12-25(16-24)44-3)29(42)37-22-13-21(31(32,33)34)14-23(15-22)39-9-7-38(2)8-10-39/h5-6,11-17H,4,7-10,18H2,1-3H3,(H,35,36)(H,37,42). The molecule has 0 radical (unpaired) electrons. The maximum absolute atomic E-state index is 13.9. The van der Waals surface area contributed by atoms with Gasteiger partial charge in [-0.15, -0.1) is 0 Å². The zero-order chi connectivity index (χ0) is 31.2. The van der Waals surface area contributed by atoms with E-state index in [-0.39, 0.29) is 23.8 Å². The molecule has 2 N–H and O–H groups in total. The van der Waals surface area contributed by atoms with E-state index in [1.54, 1.807) is 29.4 Å². The van der Waals surface area contributed by atoms with Gasteiger partial charge in [0, 0.05) is 79.1 Å². The van der Waals surface area contributed by atoms with Crippen molar-refractivity contribution in [3.8, 4) is 5.75 Å². The molecule has 0 atom stereocenters. The predicted octanol–water partition coefficient (Wildman–Crippen LogP) is 5.56. The molecule has 2 aromatic heterocycles. The van der Waals surface area contributed by atoms with Crippen molar-refractivity contribution >= 4 is 45.7 Å². The third-order valence-electron chi connectivity index (χ3n) is 8.08. The first-order valence-corrected chi connectivity index (χ1v) is 14.3. The van der Waals surface area contributed by atoms with Crippen LogP contribution < -0.4 is 24.8 Å². The molecule has 0 saturated carbocycles. The van der Waals surface area contributed by atoms with E-state index < -0.39 is 17.6 Å². The Labute approximate surface area is 252 Å². The van der Waals surface area contributed by atoms with Crippen molar-refractivity contribution < 1.29 is 27.5 Å². The number of methoxy groups -OCH3 is 1. The number of aromatic nitrogens is 2. The molecule has 0 spiro atoms. The number of carbonyl (C=O) groups is 2. The van der Waals surface area contributed by atoms with Crippen LogP contribution in [0.3, 0.4) is 0 Å². The molecule has 1 saturated heterocycles. The van der Waals surface area contributed by atoms with Crippen molar-refractivity contribution in [1.82, 2.24) is 14.9 Å².